The number of esters is 1. The van der Waals surface area contributed by atoms with E-state index in [0.717, 1.165) is 23.3 Å². The van der Waals surface area contributed by atoms with Crippen LogP contribution < -0.4 is 5.32 Å². The van der Waals surface area contributed by atoms with Gasteiger partial charge >= 0.3 is 5.97 Å². The van der Waals surface area contributed by atoms with E-state index in [0.29, 0.717) is 18.5 Å². The zero-order valence-electron chi connectivity index (χ0n) is 15.9. The second-order valence-corrected chi connectivity index (χ2v) is 8.08. The summed E-state index contributed by atoms with van der Waals surface area (Å²) in [6.07, 6.45) is 9.85. The monoisotopic (exact) mass is 400 g/mol. The molecule has 0 bridgehead atoms. The molecule has 4 rings (SSSR count). The third-order valence-electron chi connectivity index (χ3n) is 4.78. The molecular weight excluding hydrogens is 376 g/mol. The Balaban J connectivity index is 1.46. The molecule has 28 heavy (non-hydrogen) atoms. The number of hydrogen-bond acceptors (Lipinski definition) is 7. The zero-order chi connectivity index (χ0) is 19.3. The molecule has 1 aliphatic rings. The fourth-order valence-corrected chi connectivity index (χ4v) is 4.57. The molecule has 0 unspecified atom stereocenters. The summed E-state index contributed by atoms with van der Waals surface area (Å²) in [5.41, 5.74) is 1.67. The third kappa shape index (κ3) is 4.46. The van der Waals surface area contributed by atoms with Crippen LogP contribution in [0.5, 0.6) is 0 Å². The van der Waals surface area contributed by atoms with Crippen LogP contribution in [0.15, 0.2) is 30.9 Å². The SMILES string of the molecule is CCOC(=O)Cn1cc(Nc2ncc3ccn(CC4CCSCC4)c3n2)cn1. The Labute approximate surface area is 167 Å². The lowest BCUT2D eigenvalue weighted by Gasteiger charge is -2.22. The summed E-state index contributed by atoms with van der Waals surface area (Å²) >= 11 is 2.05. The van der Waals surface area contributed by atoms with Crippen molar-refractivity contribution in [3.05, 3.63) is 30.9 Å². The summed E-state index contributed by atoms with van der Waals surface area (Å²) in [7, 11) is 0. The van der Waals surface area contributed by atoms with Gasteiger partial charge in [-0.3, -0.25) is 9.48 Å². The van der Waals surface area contributed by atoms with Gasteiger partial charge in [0.05, 0.1) is 18.5 Å². The summed E-state index contributed by atoms with van der Waals surface area (Å²) in [5, 5.41) is 8.38. The predicted molar refractivity (Wildman–Crippen MR) is 110 cm³/mol. The largest absolute Gasteiger partial charge is 0.465 e. The zero-order valence-corrected chi connectivity index (χ0v) is 16.7. The fraction of sp³-hybridized carbons (Fsp3) is 0.474. The Morgan fingerprint density at radius 2 is 2.21 bits per heavy atom. The average Bonchev–Trinajstić information content (AvgIpc) is 3.30. The summed E-state index contributed by atoms with van der Waals surface area (Å²) in [6, 6.07) is 2.06. The van der Waals surface area contributed by atoms with Gasteiger partial charge < -0.3 is 14.6 Å². The van der Waals surface area contributed by atoms with Crippen LogP contribution >= 0.6 is 11.8 Å². The van der Waals surface area contributed by atoms with Crippen molar-refractivity contribution in [1.82, 2.24) is 24.3 Å². The molecule has 3 aromatic heterocycles. The number of carbonyl (C=O) groups is 1. The molecule has 0 aliphatic carbocycles. The molecule has 1 saturated heterocycles. The van der Waals surface area contributed by atoms with Crippen LogP contribution in [-0.2, 0) is 22.6 Å². The summed E-state index contributed by atoms with van der Waals surface area (Å²) in [6.45, 7) is 3.22. The van der Waals surface area contributed by atoms with E-state index < -0.39 is 0 Å². The van der Waals surface area contributed by atoms with Gasteiger partial charge in [0.1, 0.15) is 12.2 Å². The van der Waals surface area contributed by atoms with E-state index in [1.165, 1.54) is 29.0 Å². The molecule has 9 heteroatoms. The van der Waals surface area contributed by atoms with Crippen molar-refractivity contribution in [2.45, 2.75) is 32.9 Å². The quantitative estimate of drug-likeness (QED) is 0.610. The van der Waals surface area contributed by atoms with Crippen molar-refractivity contribution >= 4 is 40.4 Å². The van der Waals surface area contributed by atoms with Crippen LogP contribution in [0.2, 0.25) is 0 Å². The van der Waals surface area contributed by atoms with Crippen molar-refractivity contribution < 1.29 is 9.53 Å². The van der Waals surface area contributed by atoms with Crippen LogP contribution in [0.3, 0.4) is 0 Å². The number of anilines is 2. The van der Waals surface area contributed by atoms with Crippen molar-refractivity contribution in [3.8, 4) is 0 Å². The minimum absolute atomic E-state index is 0.0813. The Kier molecular flexibility index (Phi) is 5.80. The van der Waals surface area contributed by atoms with Crippen LogP contribution in [0.25, 0.3) is 11.0 Å². The van der Waals surface area contributed by atoms with Crippen LogP contribution in [-0.4, -0.2) is 48.4 Å². The lowest BCUT2D eigenvalue weighted by Crippen LogP contribution is -2.16. The molecule has 1 N–H and O–H groups in total. The topological polar surface area (TPSA) is 86.9 Å². The molecular formula is C19H24N6O2S. The minimum atomic E-state index is -0.311. The van der Waals surface area contributed by atoms with Crippen LogP contribution in [0, 0.1) is 5.92 Å². The van der Waals surface area contributed by atoms with Gasteiger partial charge in [0, 0.05) is 30.5 Å². The Morgan fingerprint density at radius 1 is 1.36 bits per heavy atom. The van der Waals surface area contributed by atoms with E-state index in [1.54, 1.807) is 19.3 Å². The molecule has 8 nitrogen and oxygen atoms in total. The molecule has 0 radical (unpaired) electrons. The van der Waals surface area contributed by atoms with Gasteiger partial charge in [-0.15, -0.1) is 0 Å². The first-order chi connectivity index (χ1) is 13.7. The smallest absolute Gasteiger partial charge is 0.327 e. The maximum atomic E-state index is 11.6. The Morgan fingerprint density at radius 3 is 3.04 bits per heavy atom. The molecule has 0 spiro atoms. The van der Waals surface area contributed by atoms with Gasteiger partial charge in [0.25, 0.3) is 0 Å². The van der Waals surface area contributed by atoms with E-state index in [9.17, 15) is 4.79 Å². The maximum absolute atomic E-state index is 11.6. The van der Waals surface area contributed by atoms with Crippen LogP contribution in [0.1, 0.15) is 19.8 Å². The minimum Gasteiger partial charge on any atom is -0.465 e. The van der Waals surface area contributed by atoms with Crippen LogP contribution in [0.4, 0.5) is 11.6 Å². The van der Waals surface area contributed by atoms with Gasteiger partial charge in [-0.05, 0) is 43.3 Å². The van der Waals surface area contributed by atoms with Crippen molar-refractivity contribution in [1.29, 1.82) is 0 Å². The first-order valence-electron chi connectivity index (χ1n) is 9.56. The highest BCUT2D eigenvalue weighted by Crippen LogP contribution is 2.26. The number of nitrogens with zero attached hydrogens (tertiary/aromatic N) is 5. The number of fused-ring (bicyclic) bond motifs is 1. The van der Waals surface area contributed by atoms with E-state index in [4.69, 9.17) is 9.72 Å². The Bertz CT molecular complexity index is 947. The number of rotatable bonds is 7. The van der Waals surface area contributed by atoms with Gasteiger partial charge in [-0.2, -0.15) is 21.8 Å². The van der Waals surface area contributed by atoms with Crippen molar-refractivity contribution in [2.75, 3.05) is 23.4 Å². The average molecular weight is 401 g/mol. The molecule has 1 aliphatic heterocycles. The number of nitrogens with one attached hydrogen (secondary N) is 1. The lowest BCUT2D eigenvalue weighted by molar-refractivity contribution is -0.144. The lowest BCUT2D eigenvalue weighted by atomic mass is 10.0. The fourth-order valence-electron chi connectivity index (χ4n) is 3.37. The molecule has 4 heterocycles. The molecule has 1 fully saturated rings. The maximum Gasteiger partial charge on any atom is 0.327 e. The molecule has 3 aromatic rings. The van der Waals surface area contributed by atoms with E-state index in [2.05, 4.69) is 32.2 Å². The second kappa shape index (κ2) is 8.64. The van der Waals surface area contributed by atoms with E-state index in [1.807, 2.05) is 18.0 Å². The third-order valence-corrected chi connectivity index (χ3v) is 5.83. The summed E-state index contributed by atoms with van der Waals surface area (Å²) < 4.78 is 8.70. The molecule has 0 amide bonds. The molecule has 0 aromatic carbocycles. The Hall–Kier alpha value is -2.55. The molecule has 148 valence electrons. The van der Waals surface area contributed by atoms with Gasteiger partial charge in [0.15, 0.2) is 0 Å². The predicted octanol–water partition coefficient (Wildman–Crippen LogP) is 3.08. The highest BCUT2D eigenvalue weighted by molar-refractivity contribution is 7.99. The first kappa shape index (κ1) is 18.8. The standard InChI is InChI=1S/C19H24N6O2S/c1-2-27-17(26)13-25-12-16(10-21-25)22-19-20-9-15-3-6-24(18(15)23-19)11-14-4-7-28-8-5-14/h3,6,9-10,12,14H,2,4-5,7-8,11,13H2,1H3,(H,20,22,23). The van der Waals surface area contributed by atoms with E-state index in [-0.39, 0.29) is 12.5 Å². The number of ether oxygens (including phenoxy) is 1. The van der Waals surface area contributed by atoms with Crippen molar-refractivity contribution in [3.63, 3.8) is 0 Å². The van der Waals surface area contributed by atoms with Crippen molar-refractivity contribution in [2.24, 2.45) is 5.92 Å². The number of aromatic nitrogens is 5. The number of hydrogen-bond donors (Lipinski definition) is 1. The highest BCUT2D eigenvalue weighted by atomic mass is 32.2. The molecule has 0 saturated carbocycles. The highest BCUT2D eigenvalue weighted by Gasteiger charge is 2.16. The number of carbonyl (C=O) groups excluding carboxylic acids is 1. The van der Waals surface area contributed by atoms with Gasteiger partial charge in [-0.25, -0.2) is 4.98 Å². The summed E-state index contributed by atoms with van der Waals surface area (Å²) in [4.78, 5) is 20.7. The second-order valence-electron chi connectivity index (χ2n) is 6.85. The van der Waals surface area contributed by atoms with E-state index >= 15 is 0 Å². The van der Waals surface area contributed by atoms with Gasteiger partial charge in [0.2, 0.25) is 5.95 Å². The summed E-state index contributed by atoms with van der Waals surface area (Å²) in [5.74, 6) is 3.42. The normalized spacial score (nSPS) is 15.0. The molecule has 0 atom stereocenters. The number of thioether (sulfide) groups is 1. The van der Waals surface area contributed by atoms with Gasteiger partial charge in [-0.1, -0.05) is 0 Å². The first-order valence-corrected chi connectivity index (χ1v) is 10.7.